The van der Waals surface area contributed by atoms with Crippen LogP contribution in [0.1, 0.15) is 33.6 Å². The Kier molecular flexibility index (Phi) is 2.52. The Morgan fingerprint density at radius 1 is 1.26 bits per heavy atom. The highest BCUT2D eigenvalue weighted by molar-refractivity contribution is 5.99. The fraction of sp³-hybridized carbons (Fsp3) is 0.600. The summed E-state index contributed by atoms with van der Waals surface area (Å²) < 4.78 is 10.9. The maximum absolute atomic E-state index is 12.1. The van der Waals surface area contributed by atoms with Crippen molar-refractivity contribution in [1.82, 2.24) is 0 Å². The summed E-state index contributed by atoms with van der Waals surface area (Å²) in [4.78, 5) is 23.9. The topological polar surface area (TPSA) is 55.9 Å². The molecule has 1 saturated heterocycles. The maximum Gasteiger partial charge on any atom is 0.334 e. The van der Waals surface area contributed by atoms with Crippen molar-refractivity contribution in [3.05, 3.63) is 23.8 Å². The zero-order valence-electron chi connectivity index (χ0n) is 11.4. The average molecular weight is 262 g/mol. The van der Waals surface area contributed by atoms with E-state index in [0.717, 1.165) is 0 Å². The van der Waals surface area contributed by atoms with Gasteiger partial charge in [0.15, 0.2) is 11.4 Å². The van der Waals surface area contributed by atoms with Crippen molar-refractivity contribution in [3.63, 3.8) is 0 Å². The quantitative estimate of drug-likeness (QED) is 0.494. The van der Waals surface area contributed by atoms with Crippen molar-refractivity contribution in [2.45, 2.75) is 51.4 Å². The molecule has 0 radical (unpaired) electrons. The Bertz CT molecular complexity index is 514. The lowest BCUT2D eigenvalue weighted by atomic mass is 9.85. The van der Waals surface area contributed by atoms with Gasteiger partial charge in [-0.05, 0) is 31.9 Å². The molecule has 2 heterocycles. The van der Waals surface area contributed by atoms with Crippen LogP contribution in [0.2, 0.25) is 0 Å². The molecule has 102 valence electrons. The van der Waals surface area contributed by atoms with Gasteiger partial charge in [-0.3, -0.25) is 4.79 Å². The number of carbonyl (C=O) groups excluding carboxylic acids is 2. The van der Waals surface area contributed by atoms with Gasteiger partial charge < -0.3 is 9.47 Å². The number of rotatable bonds is 0. The van der Waals surface area contributed by atoms with Crippen LogP contribution in [-0.2, 0) is 19.1 Å². The molecule has 0 aromatic carbocycles. The minimum atomic E-state index is -0.694. The molecule has 0 saturated carbocycles. The van der Waals surface area contributed by atoms with E-state index in [0.29, 0.717) is 18.4 Å². The smallest absolute Gasteiger partial charge is 0.334 e. The second-order valence-electron chi connectivity index (χ2n) is 6.29. The van der Waals surface area contributed by atoms with Gasteiger partial charge in [-0.2, -0.15) is 0 Å². The highest BCUT2D eigenvalue weighted by Gasteiger charge is 2.57. The molecule has 3 rings (SSSR count). The fourth-order valence-corrected chi connectivity index (χ4v) is 2.68. The summed E-state index contributed by atoms with van der Waals surface area (Å²) in [7, 11) is 0. The van der Waals surface area contributed by atoms with Crippen molar-refractivity contribution in [3.8, 4) is 0 Å². The maximum atomic E-state index is 12.1. The standard InChI is InChI=1S/C15H18O4/c1-14(2)7-6-10(16)15(3)11(19-15)5-4-9-8-12(14)18-13(9)17/h6-8,11-12H,4-5H2,1-3H3/b7-6+/t11-,12-,15-/m0/s1. The molecule has 3 aliphatic rings. The van der Waals surface area contributed by atoms with Gasteiger partial charge in [-0.1, -0.05) is 19.9 Å². The van der Waals surface area contributed by atoms with Crippen LogP contribution in [0, 0.1) is 5.41 Å². The minimum absolute atomic E-state index is 0.000301. The lowest BCUT2D eigenvalue weighted by molar-refractivity contribution is -0.142. The van der Waals surface area contributed by atoms with Crippen molar-refractivity contribution < 1.29 is 19.1 Å². The van der Waals surface area contributed by atoms with E-state index in [-0.39, 0.29) is 24.0 Å². The van der Waals surface area contributed by atoms with Crippen LogP contribution < -0.4 is 0 Å². The first-order valence-electron chi connectivity index (χ1n) is 6.66. The summed E-state index contributed by atoms with van der Waals surface area (Å²) in [6.07, 6.45) is 6.21. The molecule has 0 amide bonds. The summed E-state index contributed by atoms with van der Waals surface area (Å²) >= 11 is 0. The first-order chi connectivity index (χ1) is 8.83. The van der Waals surface area contributed by atoms with E-state index in [1.807, 2.05) is 32.9 Å². The molecular weight excluding hydrogens is 244 g/mol. The van der Waals surface area contributed by atoms with Crippen molar-refractivity contribution in [2.24, 2.45) is 5.41 Å². The molecule has 3 atom stereocenters. The van der Waals surface area contributed by atoms with E-state index in [1.165, 1.54) is 0 Å². The summed E-state index contributed by atoms with van der Waals surface area (Å²) in [5.41, 5.74) is -0.377. The molecule has 1 aliphatic carbocycles. The van der Waals surface area contributed by atoms with Gasteiger partial charge in [0.05, 0.1) is 6.10 Å². The molecule has 0 aromatic heterocycles. The highest BCUT2D eigenvalue weighted by Crippen LogP contribution is 2.43. The third-order valence-electron chi connectivity index (χ3n) is 4.36. The number of esters is 1. The fourth-order valence-electron chi connectivity index (χ4n) is 2.68. The predicted molar refractivity (Wildman–Crippen MR) is 68.4 cm³/mol. The number of ketones is 1. The molecule has 2 bridgehead atoms. The van der Waals surface area contributed by atoms with Gasteiger partial charge >= 0.3 is 5.97 Å². The zero-order chi connectivity index (χ0) is 13.8. The Labute approximate surface area is 112 Å². The van der Waals surface area contributed by atoms with Crippen LogP contribution in [-0.4, -0.2) is 29.6 Å². The van der Waals surface area contributed by atoms with E-state index in [4.69, 9.17) is 9.47 Å². The Morgan fingerprint density at radius 3 is 2.74 bits per heavy atom. The molecule has 0 N–H and O–H groups in total. The lowest BCUT2D eigenvalue weighted by Gasteiger charge is -2.25. The summed E-state index contributed by atoms with van der Waals surface area (Å²) in [5.74, 6) is -0.236. The largest absolute Gasteiger partial charge is 0.454 e. The summed E-state index contributed by atoms with van der Waals surface area (Å²) in [5, 5.41) is 0. The molecule has 2 aliphatic heterocycles. The van der Waals surface area contributed by atoms with Gasteiger partial charge in [0.1, 0.15) is 6.10 Å². The van der Waals surface area contributed by atoms with Gasteiger partial charge in [-0.15, -0.1) is 0 Å². The van der Waals surface area contributed by atoms with Crippen LogP contribution in [0.4, 0.5) is 0 Å². The second-order valence-corrected chi connectivity index (χ2v) is 6.29. The number of carbonyl (C=O) groups is 2. The molecule has 4 heteroatoms. The van der Waals surface area contributed by atoms with Gasteiger partial charge in [-0.25, -0.2) is 4.79 Å². The Hall–Kier alpha value is -1.42. The number of hydrogen-bond acceptors (Lipinski definition) is 4. The Balaban J connectivity index is 1.95. The number of hydrogen-bond donors (Lipinski definition) is 0. The van der Waals surface area contributed by atoms with Crippen molar-refractivity contribution >= 4 is 11.8 Å². The first kappa shape index (κ1) is 12.6. The average Bonchev–Trinajstić information content (AvgIpc) is 2.85. The van der Waals surface area contributed by atoms with Gasteiger partial charge in [0, 0.05) is 11.0 Å². The number of fused-ring (bicyclic) bond motifs is 2. The first-order valence-corrected chi connectivity index (χ1v) is 6.66. The van der Waals surface area contributed by atoms with E-state index < -0.39 is 11.0 Å². The van der Waals surface area contributed by atoms with Crippen molar-refractivity contribution in [1.29, 1.82) is 0 Å². The normalized spacial score (nSPS) is 41.7. The zero-order valence-corrected chi connectivity index (χ0v) is 11.4. The minimum Gasteiger partial charge on any atom is -0.454 e. The molecule has 19 heavy (non-hydrogen) atoms. The molecule has 0 spiro atoms. The molecular formula is C15H18O4. The van der Waals surface area contributed by atoms with Crippen LogP contribution in [0.3, 0.4) is 0 Å². The summed E-state index contributed by atoms with van der Waals surface area (Å²) in [6, 6.07) is 0. The molecule has 0 aromatic rings. The van der Waals surface area contributed by atoms with E-state index in [9.17, 15) is 9.59 Å². The predicted octanol–water partition coefficient (Wildman–Crippen LogP) is 1.94. The third kappa shape index (κ3) is 1.94. The Morgan fingerprint density at radius 2 is 2.00 bits per heavy atom. The van der Waals surface area contributed by atoms with E-state index in [2.05, 4.69) is 0 Å². The van der Waals surface area contributed by atoms with Crippen molar-refractivity contribution in [2.75, 3.05) is 0 Å². The third-order valence-corrected chi connectivity index (χ3v) is 4.36. The van der Waals surface area contributed by atoms with E-state index in [1.54, 1.807) is 6.08 Å². The second kappa shape index (κ2) is 3.79. The van der Waals surface area contributed by atoms with Crippen LogP contribution in [0.15, 0.2) is 23.8 Å². The van der Waals surface area contributed by atoms with Crippen LogP contribution in [0.25, 0.3) is 0 Å². The highest BCUT2D eigenvalue weighted by atomic mass is 16.6. The molecule has 4 nitrogen and oxygen atoms in total. The lowest BCUT2D eigenvalue weighted by Crippen LogP contribution is -2.28. The number of ether oxygens (including phenoxy) is 2. The van der Waals surface area contributed by atoms with Crippen LogP contribution >= 0.6 is 0 Å². The van der Waals surface area contributed by atoms with Crippen LogP contribution in [0.5, 0.6) is 0 Å². The van der Waals surface area contributed by atoms with Gasteiger partial charge in [0.25, 0.3) is 0 Å². The van der Waals surface area contributed by atoms with Gasteiger partial charge in [0.2, 0.25) is 0 Å². The monoisotopic (exact) mass is 262 g/mol. The number of epoxide rings is 1. The SMILES string of the molecule is CC1(C)/C=C/C(=O)[C@]2(C)O[C@H]2CCC2=C[C@@H]1OC2=O. The molecule has 1 fully saturated rings. The van der Waals surface area contributed by atoms with E-state index >= 15 is 0 Å². The molecule has 0 unspecified atom stereocenters. The summed E-state index contributed by atoms with van der Waals surface area (Å²) in [6.45, 7) is 5.74.